The van der Waals surface area contributed by atoms with Gasteiger partial charge in [0.15, 0.2) is 0 Å². The van der Waals surface area contributed by atoms with Crippen LogP contribution in [-0.4, -0.2) is 29.6 Å². The SMILES string of the molecule is CN(CCCc1cc(-c2ccccc2)no1)C(=O)Cc1cccc(F)c1. The summed E-state index contributed by atoms with van der Waals surface area (Å²) in [5, 5.41) is 4.09. The number of benzene rings is 2. The number of hydrogen-bond donors (Lipinski definition) is 0. The lowest BCUT2D eigenvalue weighted by molar-refractivity contribution is -0.129. The first-order valence-electron chi connectivity index (χ1n) is 8.61. The minimum atomic E-state index is -0.322. The lowest BCUT2D eigenvalue weighted by Crippen LogP contribution is -2.29. The summed E-state index contributed by atoms with van der Waals surface area (Å²) >= 11 is 0. The standard InChI is InChI=1S/C21H21FN2O2/c1-24(21(25)14-16-7-5-10-18(22)13-16)12-6-11-19-15-20(23-26-19)17-8-3-2-4-9-17/h2-5,7-10,13,15H,6,11-12,14H2,1H3. The molecule has 0 fully saturated rings. The van der Waals surface area contributed by atoms with Gasteiger partial charge in [-0.25, -0.2) is 4.39 Å². The Morgan fingerprint density at radius 2 is 1.92 bits per heavy atom. The summed E-state index contributed by atoms with van der Waals surface area (Å²) in [6.07, 6.45) is 1.68. The number of hydrogen-bond acceptors (Lipinski definition) is 3. The zero-order valence-electron chi connectivity index (χ0n) is 14.7. The van der Waals surface area contributed by atoms with Crippen LogP contribution in [-0.2, 0) is 17.6 Å². The molecule has 3 rings (SSSR count). The van der Waals surface area contributed by atoms with Crippen molar-refractivity contribution in [2.45, 2.75) is 19.3 Å². The third kappa shape index (κ3) is 4.79. The number of rotatable bonds is 7. The highest BCUT2D eigenvalue weighted by Gasteiger charge is 2.11. The zero-order valence-corrected chi connectivity index (χ0v) is 14.7. The average molecular weight is 352 g/mol. The van der Waals surface area contributed by atoms with Gasteiger partial charge in [0.25, 0.3) is 0 Å². The summed E-state index contributed by atoms with van der Waals surface area (Å²) in [5.41, 5.74) is 2.52. The molecule has 0 saturated carbocycles. The van der Waals surface area contributed by atoms with Gasteiger partial charge < -0.3 is 9.42 Å². The number of carbonyl (C=O) groups excluding carboxylic acids is 1. The molecule has 2 aromatic carbocycles. The number of carbonyl (C=O) groups is 1. The fraction of sp³-hybridized carbons (Fsp3) is 0.238. The number of halogens is 1. The Balaban J connectivity index is 1.47. The normalized spacial score (nSPS) is 10.7. The highest BCUT2D eigenvalue weighted by Crippen LogP contribution is 2.19. The molecule has 0 radical (unpaired) electrons. The maximum Gasteiger partial charge on any atom is 0.226 e. The predicted octanol–water partition coefficient (Wildman–Crippen LogP) is 4.11. The summed E-state index contributed by atoms with van der Waals surface area (Å²) in [4.78, 5) is 13.9. The van der Waals surface area contributed by atoms with Crippen molar-refractivity contribution < 1.29 is 13.7 Å². The van der Waals surface area contributed by atoms with Crippen molar-refractivity contribution in [1.29, 1.82) is 0 Å². The van der Waals surface area contributed by atoms with Crippen molar-refractivity contribution in [3.05, 3.63) is 77.8 Å². The molecule has 0 aliphatic rings. The summed E-state index contributed by atoms with van der Waals surface area (Å²) < 4.78 is 18.6. The first-order valence-corrected chi connectivity index (χ1v) is 8.61. The Bertz CT molecular complexity index is 861. The van der Waals surface area contributed by atoms with Gasteiger partial charge in [-0.2, -0.15) is 0 Å². The van der Waals surface area contributed by atoms with E-state index in [0.717, 1.165) is 23.4 Å². The Morgan fingerprint density at radius 1 is 1.12 bits per heavy atom. The number of nitrogens with zero attached hydrogens (tertiary/aromatic N) is 2. The second kappa shape index (κ2) is 8.43. The van der Waals surface area contributed by atoms with Gasteiger partial charge >= 0.3 is 0 Å². The molecule has 0 spiro atoms. The number of aryl methyl sites for hydroxylation is 1. The van der Waals surface area contributed by atoms with E-state index in [2.05, 4.69) is 5.16 Å². The van der Waals surface area contributed by atoms with Crippen molar-refractivity contribution in [3.63, 3.8) is 0 Å². The van der Waals surface area contributed by atoms with E-state index in [4.69, 9.17) is 4.52 Å². The van der Waals surface area contributed by atoms with Crippen LogP contribution in [0, 0.1) is 5.82 Å². The van der Waals surface area contributed by atoms with Crippen molar-refractivity contribution in [1.82, 2.24) is 10.1 Å². The minimum absolute atomic E-state index is 0.0295. The molecule has 0 N–H and O–H groups in total. The van der Waals surface area contributed by atoms with Crippen LogP contribution >= 0.6 is 0 Å². The molecule has 26 heavy (non-hydrogen) atoms. The Kier molecular flexibility index (Phi) is 5.79. The van der Waals surface area contributed by atoms with E-state index >= 15 is 0 Å². The van der Waals surface area contributed by atoms with Gasteiger partial charge in [-0.15, -0.1) is 0 Å². The Morgan fingerprint density at radius 3 is 2.69 bits per heavy atom. The lowest BCUT2D eigenvalue weighted by Gasteiger charge is -2.16. The fourth-order valence-corrected chi connectivity index (χ4v) is 2.75. The molecule has 0 aliphatic carbocycles. The van der Waals surface area contributed by atoms with Gasteiger partial charge in [-0.3, -0.25) is 4.79 Å². The molecule has 0 unspecified atom stereocenters. The van der Waals surface area contributed by atoms with Crippen LogP contribution in [0.1, 0.15) is 17.7 Å². The van der Waals surface area contributed by atoms with E-state index < -0.39 is 0 Å². The van der Waals surface area contributed by atoms with Crippen molar-refractivity contribution in [2.75, 3.05) is 13.6 Å². The van der Waals surface area contributed by atoms with Crippen LogP contribution in [0.2, 0.25) is 0 Å². The molecule has 0 aliphatic heterocycles. The topological polar surface area (TPSA) is 46.3 Å². The van der Waals surface area contributed by atoms with Gasteiger partial charge in [0, 0.05) is 31.6 Å². The quantitative estimate of drug-likeness (QED) is 0.643. The zero-order chi connectivity index (χ0) is 18.4. The fourth-order valence-electron chi connectivity index (χ4n) is 2.75. The predicted molar refractivity (Wildman–Crippen MR) is 98.0 cm³/mol. The second-order valence-electron chi connectivity index (χ2n) is 6.27. The number of amides is 1. The maximum absolute atomic E-state index is 13.2. The molecule has 3 aromatic rings. The summed E-state index contributed by atoms with van der Waals surface area (Å²) in [6, 6.07) is 17.9. The summed E-state index contributed by atoms with van der Waals surface area (Å²) in [7, 11) is 1.76. The summed E-state index contributed by atoms with van der Waals surface area (Å²) in [6.45, 7) is 0.607. The van der Waals surface area contributed by atoms with Gasteiger partial charge in [0.1, 0.15) is 17.3 Å². The highest BCUT2D eigenvalue weighted by molar-refractivity contribution is 5.78. The van der Waals surface area contributed by atoms with Crippen LogP contribution in [0.3, 0.4) is 0 Å². The monoisotopic (exact) mass is 352 g/mol. The first kappa shape index (κ1) is 17.9. The molecule has 1 amide bonds. The molecular weight excluding hydrogens is 331 g/mol. The summed E-state index contributed by atoms with van der Waals surface area (Å²) in [5.74, 6) is 0.450. The van der Waals surface area contributed by atoms with Crippen LogP contribution < -0.4 is 0 Å². The van der Waals surface area contributed by atoms with E-state index in [-0.39, 0.29) is 18.1 Å². The maximum atomic E-state index is 13.2. The molecule has 0 bridgehead atoms. The van der Waals surface area contributed by atoms with Crippen LogP contribution in [0.25, 0.3) is 11.3 Å². The molecule has 0 saturated heterocycles. The number of likely N-dealkylation sites (N-methyl/N-ethyl adjacent to an activating group) is 1. The van der Waals surface area contributed by atoms with Gasteiger partial charge in [0.05, 0.1) is 6.42 Å². The van der Waals surface area contributed by atoms with Crippen LogP contribution in [0.15, 0.2) is 65.2 Å². The van der Waals surface area contributed by atoms with Gasteiger partial charge in [0.2, 0.25) is 5.91 Å². The van der Waals surface area contributed by atoms with Gasteiger partial charge in [-0.1, -0.05) is 47.6 Å². The molecular formula is C21H21FN2O2. The minimum Gasteiger partial charge on any atom is -0.361 e. The molecule has 134 valence electrons. The number of aromatic nitrogens is 1. The van der Waals surface area contributed by atoms with E-state index in [1.165, 1.54) is 12.1 Å². The Labute approximate surface area is 152 Å². The highest BCUT2D eigenvalue weighted by atomic mass is 19.1. The smallest absolute Gasteiger partial charge is 0.226 e. The molecule has 1 aromatic heterocycles. The molecule has 5 heteroatoms. The molecule has 0 atom stereocenters. The van der Waals surface area contributed by atoms with Crippen LogP contribution in [0.4, 0.5) is 4.39 Å². The van der Waals surface area contributed by atoms with E-state index in [1.54, 1.807) is 24.1 Å². The molecule has 4 nitrogen and oxygen atoms in total. The van der Waals surface area contributed by atoms with E-state index in [1.807, 2.05) is 36.4 Å². The van der Waals surface area contributed by atoms with E-state index in [0.29, 0.717) is 18.5 Å². The lowest BCUT2D eigenvalue weighted by atomic mass is 10.1. The van der Waals surface area contributed by atoms with Crippen molar-refractivity contribution in [3.8, 4) is 11.3 Å². The van der Waals surface area contributed by atoms with Crippen molar-refractivity contribution in [2.24, 2.45) is 0 Å². The second-order valence-corrected chi connectivity index (χ2v) is 6.27. The average Bonchev–Trinajstić information content (AvgIpc) is 3.11. The van der Waals surface area contributed by atoms with Crippen LogP contribution in [0.5, 0.6) is 0 Å². The van der Waals surface area contributed by atoms with E-state index in [9.17, 15) is 9.18 Å². The molecule has 1 heterocycles. The Hall–Kier alpha value is -2.95. The third-order valence-corrected chi connectivity index (χ3v) is 4.22. The third-order valence-electron chi connectivity index (χ3n) is 4.22. The largest absolute Gasteiger partial charge is 0.361 e. The van der Waals surface area contributed by atoms with Gasteiger partial charge in [-0.05, 0) is 24.1 Å². The van der Waals surface area contributed by atoms with Crippen molar-refractivity contribution >= 4 is 5.91 Å². The first-order chi connectivity index (χ1) is 12.6.